The van der Waals surface area contributed by atoms with Crippen LogP contribution in [0.2, 0.25) is 0 Å². The lowest BCUT2D eigenvalue weighted by Gasteiger charge is -2.26. The van der Waals surface area contributed by atoms with Gasteiger partial charge in [-0.25, -0.2) is 0 Å². The number of rotatable bonds is 5. The van der Waals surface area contributed by atoms with Crippen molar-refractivity contribution in [3.05, 3.63) is 0 Å². The Bertz CT molecular complexity index is 277. The predicted octanol–water partition coefficient (Wildman–Crippen LogP) is 1.97. The van der Waals surface area contributed by atoms with Gasteiger partial charge in [0.15, 0.2) is 0 Å². The van der Waals surface area contributed by atoms with E-state index in [1.807, 2.05) is 0 Å². The van der Waals surface area contributed by atoms with Crippen molar-refractivity contribution < 1.29 is 9.53 Å². The third-order valence-corrected chi connectivity index (χ3v) is 4.36. The third-order valence-electron chi connectivity index (χ3n) is 4.36. The number of nitrogens with two attached hydrogens (primary N) is 1. The molecule has 1 aliphatic carbocycles. The average molecular weight is 268 g/mol. The summed E-state index contributed by atoms with van der Waals surface area (Å²) in [4.78, 5) is 11.9. The molecule has 110 valence electrons. The second kappa shape index (κ2) is 7.85. The first kappa shape index (κ1) is 14.8. The molecule has 3 unspecified atom stereocenters. The van der Waals surface area contributed by atoms with Crippen molar-refractivity contribution in [2.45, 2.75) is 69.9 Å². The summed E-state index contributed by atoms with van der Waals surface area (Å²) in [7, 11) is 0. The van der Waals surface area contributed by atoms with E-state index in [0.29, 0.717) is 24.5 Å². The van der Waals surface area contributed by atoms with Gasteiger partial charge in [0.1, 0.15) is 0 Å². The molecule has 1 saturated heterocycles. The summed E-state index contributed by atoms with van der Waals surface area (Å²) < 4.78 is 5.66. The Morgan fingerprint density at radius 1 is 1.21 bits per heavy atom. The molecule has 0 aromatic carbocycles. The van der Waals surface area contributed by atoms with Gasteiger partial charge in [0.2, 0.25) is 5.91 Å². The molecule has 1 aliphatic heterocycles. The molecule has 2 fully saturated rings. The molecular formula is C15H28N2O2. The molecule has 0 bridgehead atoms. The highest BCUT2D eigenvalue weighted by Crippen LogP contribution is 2.25. The first-order valence-corrected chi connectivity index (χ1v) is 7.88. The quantitative estimate of drug-likeness (QED) is 0.801. The minimum absolute atomic E-state index is 0.190. The topological polar surface area (TPSA) is 64.4 Å². The van der Waals surface area contributed by atoms with E-state index in [-0.39, 0.29) is 5.91 Å². The minimum atomic E-state index is 0.190. The van der Waals surface area contributed by atoms with Gasteiger partial charge in [-0.05, 0) is 50.9 Å². The first-order chi connectivity index (χ1) is 9.24. The minimum Gasteiger partial charge on any atom is -0.378 e. The van der Waals surface area contributed by atoms with Crippen molar-refractivity contribution in [1.82, 2.24) is 5.32 Å². The number of hydrogen-bond donors (Lipinski definition) is 2. The highest BCUT2D eigenvalue weighted by molar-refractivity contribution is 5.76. The van der Waals surface area contributed by atoms with Crippen LogP contribution in [0.15, 0.2) is 0 Å². The van der Waals surface area contributed by atoms with E-state index in [4.69, 9.17) is 10.5 Å². The van der Waals surface area contributed by atoms with Gasteiger partial charge in [-0.15, -0.1) is 0 Å². The van der Waals surface area contributed by atoms with Gasteiger partial charge in [0, 0.05) is 25.6 Å². The lowest BCUT2D eigenvalue weighted by Crippen LogP contribution is -2.33. The number of amides is 1. The molecule has 4 heteroatoms. The number of carbonyl (C=O) groups excluding carboxylic acids is 1. The summed E-state index contributed by atoms with van der Waals surface area (Å²) in [6.07, 6.45) is 10.0. The van der Waals surface area contributed by atoms with Crippen molar-refractivity contribution in [3.8, 4) is 0 Å². The Kier molecular flexibility index (Phi) is 6.11. The van der Waals surface area contributed by atoms with Gasteiger partial charge in [0.05, 0.1) is 6.10 Å². The third kappa shape index (κ3) is 5.49. The van der Waals surface area contributed by atoms with E-state index in [0.717, 1.165) is 45.3 Å². The number of carbonyl (C=O) groups is 1. The van der Waals surface area contributed by atoms with Crippen LogP contribution >= 0.6 is 0 Å². The molecule has 0 radical (unpaired) electrons. The van der Waals surface area contributed by atoms with Gasteiger partial charge in [-0.1, -0.05) is 6.42 Å². The number of ether oxygens (including phenoxy) is 1. The van der Waals surface area contributed by atoms with E-state index >= 15 is 0 Å². The summed E-state index contributed by atoms with van der Waals surface area (Å²) in [5.41, 5.74) is 5.95. The Morgan fingerprint density at radius 3 is 2.84 bits per heavy atom. The molecule has 0 spiro atoms. The normalized spacial score (nSPS) is 31.9. The van der Waals surface area contributed by atoms with E-state index in [1.54, 1.807) is 0 Å². The summed E-state index contributed by atoms with van der Waals surface area (Å²) in [5, 5.41) is 3.03. The van der Waals surface area contributed by atoms with Gasteiger partial charge in [0.25, 0.3) is 0 Å². The molecule has 4 nitrogen and oxygen atoms in total. The standard InChI is InChI=1S/C15H28N2O2/c16-13-5-3-4-12(10-13)11-15(18)17-8-7-14-6-1-2-9-19-14/h12-14H,1-11,16H2,(H,17,18). The zero-order valence-corrected chi connectivity index (χ0v) is 11.9. The van der Waals surface area contributed by atoms with Crippen molar-refractivity contribution in [2.75, 3.05) is 13.2 Å². The molecule has 2 aliphatic rings. The zero-order chi connectivity index (χ0) is 13.5. The lowest BCUT2D eigenvalue weighted by molar-refractivity contribution is -0.122. The summed E-state index contributed by atoms with van der Waals surface area (Å²) in [6.45, 7) is 1.64. The highest BCUT2D eigenvalue weighted by Gasteiger charge is 2.21. The highest BCUT2D eigenvalue weighted by atomic mass is 16.5. The van der Waals surface area contributed by atoms with E-state index in [9.17, 15) is 4.79 Å². The zero-order valence-electron chi connectivity index (χ0n) is 11.9. The smallest absolute Gasteiger partial charge is 0.220 e. The molecule has 2 rings (SSSR count). The summed E-state index contributed by atoms with van der Waals surface area (Å²) in [5.74, 6) is 0.685. The molecular weight excluding hydrogens is 240 g/mol. The molecule has 1 heterocycles. The fourth-order valence-corrected chi connectivity index (χ4v) is 3.26. The van der Waals surface area contributed by atoms with Crippen LogP contribution in [-0.2, 0) is 9.53 Å². The number of hydrogen-bond acceptors (Lipinski definition) is 3. The van der Waals surface area contributed by atoms with Crippen molar-refractivity contribution in [3.63, 3.8) is 0 Å². The fourth-order valence-electron chi connectivity index (χ4n) is 3.26. The van der Waals surface area contributed by atoms with Crippen LogP contribution in [0.3, 0.4) is 0 Å². The van der Waals surface area contributed by atoms with E-state index in [1.165, 1.54) is 19.3 Å². The fraction of sp³-hybridized carbons (Fsp3) is 0.933. The second-order valence-electron chi connectivity index (χ2n) is 6.12. The average Bonchev–Trinajstić information content (AvgIpc) is 2.40. The summed E-state index contributed by atoms with van der Waals surface area (Å²) in [6, 6.07) is 0.308. The van der Waals surface area contributed by atoms with Crippen LogP contribution in [0.4, 0.5) is 0 Å². The molecule has 0 aromatic heterocycles. The Labute approximate surface area is 116 Å². The summed E-state index contributed by atoms with van der Waals surface area (Å²) >= 11 is 0. The van der Waals surface area contributed by atoms with Gasteiger partial charge < -0.3 is 15.8 Å². The van der Waals surface area contributed by atoms with Crippen molar-refractivity contribution >= 4 is 5.91 Å². The lowest BCUT2D eigenvalue weighted by atomic mass is 9.84. The maximum atomic E-state index is 11.9. The molecule has 3 atom stereocenters. The first-order valence-electron chi connectivity index (χ1n) is 7.88. The maximum Gasteiger partial charge on any atom is 0.220 e. The van der Waals surface area contributed by atoms with E-state index < -0.39 is 0 Å². The van der Waals surface area contributed by atoms with Crippen LogP contribution in [0.1, 0.15) is 57.8 Å². The SMILES string of the molecule is NC1CCCC(CC(=O)NCCC2CCCCO2)C1. The van der Waals surface area contributed by atoms with Crippen LogP contribution in [-0.4, -0.2) is 31.2 Å². The van der Waals surface area contributed by atoms with Crippen molar-refractivity contribution in [2.24, 2.45) is 11.7 Å². The molecule has 0 aromatic rings. The molecule has 3 N–H and O–H groups in total. The largest absolute Gasteiger partial charge is 0.378 e. The molecule has 1 saturated carbocycles. The Balaban J connectivity index is 1.56. The van der Waals surface area contributed by atoms with Crippen LogP contribution < -0.4 is 11.1 Å². The Hall–Kier alpha value is -0.610. The van der Waals surface area contributed by atoms with Crippen LogP contribution in [0.5, 0.6) is 0 Å². The van der Waals surface area contributed by atoms with Gasteiger partial charge in [-0.3, -0.25) is 4.79 Å². The second-order valence-corrected chi connectivity index (χ2v) is 6.12. The predicted molar refractivity (Wildman–Crippen MR) is 75.8 cm³/mol. The Morgan fingerprint density at radius 2 is 2.11 bits per heavy atom. The van der Waals surface area contributed by atoms with Crippen LogP contribution in [0, 0.1) is 5.92 Å². The van der Waals surface area contributed by atoms with Crippen LogP contribution in [0.25, 0.3) is 0 Å². The number of nitrogens with one attached hydrogen (secondary N) is 1. The maximum absolute atomic E-state index is 11.9. The van der Waals surface area contributed by atoms with Gasteiger partial charge >= 0.3 is 0 Å². The van der Waals surface area contributed by atoms with E-state index in [2.05, 4.69) is 5.32 Å². The monoisotopic (exact) mass is 268 g/mol. The molecule has 19 heavy (non-hydrogen) atoms. The molecule has 1 amide bonds. The van der Waals surface area contributed by atoms with Crippen molar-refractivity contribution in [1.29, 1.82) is 0 Å². The van der Waals surface area contributed by atoms with Gasteiger partial charge in [-0.2, -0.15) is 0 Å².